The first kappa shape index (κ1) is 15.3. The third kappa shape index (κ3) is 2.98. The van der Waals surface area contributed by atoms with Gasteiger partial charge in [-0.25, -0.2) is 12.8 Å². The van der Waals surface area contributed by atoms with Gasteiger partial charge in [0.1, 0.15) is 22.2 Å². The van der Waals surface area contributed by atoms with E-state index in [1.165, 1.54) is 18.2 Å². The molecule has 2 rings (SSSR count). The van der Waals surface area contributed by atoms with Crippen molar-refractivity contribution in [3.05, 3.63) is 45.5 Å². The smallest absolute Gasteiger partial charge is 0.266 e. The molecule has 0 radical (unpaired) electrons. The van der Waals surface area contributed by atoms with Gasteiger partial charge in [0.25, 0.3) is 10.0 Å². The first-order valence-electron chi connectivity index (χ1n) is 5.30. The maximum atomic E-state index is 13.6. The first-order chi connectivity index (χ1) is 9.35. The minimum Gasteiger partial charge on any atom is -0.452 e. The second-order valence-electron chi connectivity index (χ2n) is 3.76. The highest BCUT2D eigenvalue weighted by molar-refractivity contribution is 9.10. The molecule has 0 fully saturated rings. The molecule has 0 aliphatic heterocycles. The third-order valence-corrected chi connectivity index (χ3v) is 4.92. The monoisotopic (exact) mass is 382 g/mol. The van der Waals surface area contributed by atoms with Gasteiger partial charge in [0.05, 0.1) is 11.6 Å². The van der Waals surface area contributed by atoms with Crippen molar-refractivity contribution in [2.75, 3.05) is 4.72 Å². The number of benzene rings is 1. The lowest BCUT2D eigenvalue weighted by Gasteiger charge is -2.09. The molecule has 5 nitrogen and oxygen atoms in total. The van der Waals surface area contributed by atoms with E-state index >= 15 is 0 Å². The molecule has 0 saturated heterocycles. The number of halogens is 3. The zero-order valence-corrected chi connectivity index (χ0v) is 13.0. The SMILES string of the molecule is NCc1cc(S(=O)(=O)Nc2c(F)cccc2Cl)c(Br)o1. The van der Waals surface area contributed by atoms with Crippen LogP contribution in [0.4, 0.5) is 10.1 Å². The van der Waals surface area contributed by atoms with Gasteiger partial charge in [-0.3, -0.25) is 4.72 Å². The van der Waals surface area contributed by atoms with Crippen molar-refractivity contribution in [3.8, 4) is 0 Å². The Kier molecular flexibility index (Phi) is 4.38. The molecular weight excluding hydrogens is 375 g/mol. The molecule has 108 valence electrons. The fourth-order valence-electron chi connectivity index (χ4n) is 1.47. The Morgan fingerprint density at radius 2 is 2.15 bits per heavy atom. The predicted molar refractivity (Wildman–Crippen MR) is 76.5 cm³/mol. The molecule has 0 atom stereocenters. The average molecular weight is 384 g/mol. The molecule has 0 unspecified atom stereocenters. The van der Waals surface area contributed by atoms with Gasteiger partial charge in [0.15, 0.2) is 4.67 Å². The van der Waals surface area contributed by atoms with Crippen LogP contribution >= 0.6 is 27.5 Å². The maximum Gasteiger partial charge on any atom is 0.266 e. The van der Waals surface area contributed by atoms with Crippen LogP contribution in [0.1, 0.15) is 5.76 Å². The second-order valence-corrected chi connectivity index (χ2v) is 6.54. The second kappa shape index (κ2) is 5.72. The topological polar surface area (TPSA) is 85.3 Å². The van der Waals surface area contributed by atoms with E-state index in [0.29, 0.717) is 0 Å². The quantitative estimate of drug-likeness (QED) is 0.849. The van der Waals surface area contributed by atoms with Gasteiger partial charge in [-0.15, -0.1) is 0 Å². The third-order valence-electron chi connectivity index (χ3n) is 2.40. The van der Waals surface area contributed by atoms with Crippen LogP contribution in [0.5, 0.6) is 0 Å². The number of furan rings is 1. The average Bonchev–Trinajstić information content (AvgIpc) is 2.76. The highest BCUT2D eigenvalue weighted by Gasteiger charge is 2.24. The lowest BCUT2D eigenvalue weighted by atomic mass is 10.3. The Morgan fingerprint density at radius 3 is 2.70 bits per heavy atom. The number of anilines is 1. The van der Waals surface area contributed by atoms with Crippen molar-refractivity contribution in [3.63, 3.8) is 0 Å². The minimum atomic E-state index is -4.05. The molecule has 2 aromatic rings. The fraction of sp³-hybridized carbons (Fsp3) is 0.0909. The van der Waals surface area contributed by atoms with Crippen LogP contribution in [-0.2, 0) is 16.6 Å². The number of nitrogens with one attached hydrogen (secondary N) is 1. The molecule has 1 aromatic carbocycles. The van der Waals surface area contributed by atoms with Crippen LogP contribution in [0.3, 0.4) is 0 Å². The van der Waals surface area contributed by atoms with E-state index in [-0.39, 0.29) is 32.6 Å². The van der Waals surface area contributed by atoms with E-state index in [2.05, 4.69) is 20.7 Å². The summed E-state index contributed by atoms with van der Waals surface area (Å²) in [5.41, 5.74) is 5.04. The highest BCUT2D eigenvalue weighted by Crippen LogP contribution is 2.31. The molecule has 0 aliphatic rings. The fourth-order valence-corrected chi connectivity index (χ4v) is 3.82. The van der Waals surface area contributed by atoms with Gasteiger partial charge in [-0.1, -0.05) is 17.7 Å². The Hall–Kier alpha value is -1.09. The molecule has 0 spiro atoms. The lowest BCUT2D eigenvalue weighted by Crippen LogP contribution is -2.14. The number of para-hydroxylation sites is 1. The minimum absolute atomic E-state index is 0.0158. The Balaban J connectivity index is 2.43. The molecule has 9 heteroatoms. The molecular formula is C11H9BrClFN2O3S. The van der Waals surface area contributed by atoms with Crippen LogP contribution in [0.2, 0.25) is 5.02 Å². The Morgan fingerprint density at radius 1 is 1.45 bits per heavy atom. The van der Waals surface area contributed by atoms with Crippen LogP contribution in [0.25, 0.3) is 0 Å². The number of rotatable bonds is 4. The van der Waals surface area contributed by atoms with Crippen molar-refractivity contribution in [1.29, 1.82) is 0 Å². The lowest BCUT2D eigenvalue weighted by molar-refractivity contribution is 0.484. The van der Waals surface area contributed by atoms with Gasteiger partial charge >= 0.3 is 0 Å². The summed E-state index contributed by atoms with van der Waals surface area (Å²) >= 11 is 8.75. The van der Waals surface area contributed by atoms with E-state index in [0.717, 1.165) is 6.07 Å². The van der Waals surface area contributed by atoms with Gasteiger partial charge < -0.3 is 10.2 Å². The summed E-state index contributed by atoms with van der Waals surface area (Å²) < 4.78 is 45.1. The van der Waals surface area contributed by atoms with Crippen LogP contribution in [0.15, 0.2) is 38.2 Å². The van der Waals surface area contributed by atoms with Crippen LogP contribution in [0, 0.1) is 5.82 Å². The van der Waals surface area contributed by atoms with Crippen molar-refractivity contribution in [2.45, 2.75) is 11.4 Å². The van der Waals surface area contributed by atoms with Crippen molar-refractivity contribution >= 4 is 43.2 Å². The van der Waals surface area contributed by atoms with Gasteiger partial charge in [-0.2, -0.15) is 0 Å². The normalized spacial score (nSPS) is 11.6. The first-order valence-corrected chi connectivity index (χ1v) is 7.95. The summed E-state index contributed by atoms with van der Waals surface area (Å²) in [5, 5.41) is -0.0489. The summed E-state index contributed by atoms with van der Waals surface area (Å²) in [4.78, 5) is -0.183. The standard InChI is InChI=1S/C11H9BrClFN2O3S/c12-11-9(4-6(5-15)19-11)20(17,18)16-10-7(13)2-1-3-8(10)14/h1-4,16H,5,15H2. The molecule has 1 aromatic heterocycles. The van der Waals surface area contributed by atoms with Gasteiger partial charge in [0, 0.05) is 6.07 Å². The van der Waals surface area contributed by atoms with Crippen molar-refractivity contribution in [1.82, 2.24) is 0 Å². The van der Waals surface area contributed by atoms with Crippen LogP contribution in [-0.4, -0.2) is 8.42 Å². The summed E-state index contributed by atoms with van der Waals surface area (Å²) in [7, 11) is -4.05. The van der Waals surface area contributed by atoms with E-state index in [4.69, 9.17) is 21.8 Å². The molecule has 3 N–H and O–H groups in total. The van der Waals surface area contributed by atoms with Crippen LogP contribution < -0.4 is 10.5 Å². The van der Waals surface area contributed by atoms with E-state index < -0.39 is 15.8 Å². The molecule has 20 heavy (non-hydrogen) atoms. The largest absolute Gasteiger partial charge is 0.452 e. The number of sulfonamides is 1. The number of hydrogen-bond donors (Lipinski definition) is 2. The highest BCUT2D eigenvalue weighted by atomic mass is 79.9. The number of hydrogen-bond acceptors (Lipinski definition) is 4. The number of nitrogens with two attached hydrogens (primary N) is 1. The van der Waals surface area contributed by atoms with Gasteiger partial charge in [-0.05, 0) is 28.1 Å². The van der Waals surface area contributed by atoms with Gasteiger partial charge in [0.2, 0.25) is 0 Å². The summed E-state index contributed by atoms with van der Waals surface area (Å²) in [5.74, 6) is -0.503. The Labute approximate surface area is 128 Å². The molecule has 0 bridgehead atoms. The summed E-state index contributed by atoms with van der Waals surface area (Å²) in [6, 6.07) is 5.09. The van der Waals surface area contributed by atoms with E-state index in [9.17, 15) is 12.8 Å². The van der Waals surface area contributed by atoms with E-state index in [1.54, 1.807) is 0 Å². The predicted octanol–water partition coefficient (Wildman–Crippen LogP) is 3.09. The van der Waals surface area contributed by atoms with E-state index in [1.807, 2.05) is 0 Å². The molecule has 1 heterocycles. The molecule has 0 aliphatic carbocycles. The molecule has 0 amide bonds. The van der Waals surface area contributed by atoms with Crippen molar-refractivity contribution in [2.24, 2.45) is 5.73 Å². The summed E-state index contributed by atoms with van der Waals surface area (Å²) in [6.07, 6.45) is 0. The Bertz CT molecular complexity index is 728. The van der Waals surface area contributed by atoms with Crippen molar-refractivity contribution < 1.29 is 17.2 Å². The summed E-state index contributed by atoms with van der Waals surface area (Å²) in [6.45, 7) is 0.0363. The molecule has 0 saturated carbocycles. The zero-order chi connectivity index (χ0) is 14.9. The maximum absolute atomic E-state index is 13.6. The zero-order valence-electron chi connectivity index (χ0n) is 9.86.